The van der Waals surface area contributed by atoms with Gasteiger partial charge in [-0.2, -0.15) is 5.10 Å². The molecule has 4 rings (SSSR count). The fourth-order valence-corrected chi connectivity index (χ4v) is 3.02. The predicted molar refractivity (Wildman–Crippen MR) is 109 cm³/mol. The minimum atomic E-state index is -0.531. The van der Waals surface area contributed by atoms with E-state index >= 15 is 0 Å². The van der Waals surface area contributed by atoms with Crippen LogP contribution in [0.25, 0.3) is 11.1 Å². The Bertz CT molecular complexity index is 1200. The summed E-state index contributed by atoms with van der Waals surface area (Å²) in [6, 6.07) is 17.4. The van der Waals surface area contributed by atoms with Crippen molar-refractivity contribution in [2.75, 3.05) is 5.32 Å². The molecule has 30 heavy (non-hydrogen) atoms. The Hall–Kier alpha value is -4.27. The van der Waals surface area contributed by atoms with E-state index in [0.29, 0.717) is 17.0 Å². The Balaban J connectivity index is 1.50. The molecule has 0 aliphatic heterocycles. The first-order valence-corrected chi connectivity index (χ1v) is 9.10. The van der Waals surface area contributed by atoms with Crippen molar-refractivity contribution in [2.45, 2.75) is 13.5 Å². The zero-order chi connectivity index (χ0) is 21.1. The van der Waals surface area contributed by atoms with Crippen LogP contribution in [0.1, 0.15) is 21.8 Å². The van der Waals surface area contributed by atoms with E-state index in [2.05, 4.69) is 15.6 Å². The second-order valence-corrected chi connectivity index (χ2v) is 6.62. The number of nitro groups is 1. The standard InChI is InChI=1S/C21H17N5O4/c1-14-19(13-25-12-18(11-22-25)26(28)29)20(24-30-14)21(27)23-17-9-7-16(8-10-17)15-5-3-2-4-6-15/h2-12H,13H2,1H3,(H,23,27). The topological polar surface area (TPSA) is 116 Å². The molecule has 9 heteroatoms. The number of nitrogens with one attached hydrogen (secondary N) is 1. The molecule has 2 aromatic heterocycles. The van der Waals surface area contributed by atoms with Gasteiger partial charge in [0.1, 0.15) is 18.2 Å². The molecule has 0 saturated carbocycles. The number of carbonyl (C=O) groups is 1. The maximum atomic E-state index is 12.7. The lowest BCUT2D eigenvalue weighted by atomic mass is 10.1. The highest BCUT2D eigenvalue weighted by Crippen LogP contribution is 2.22. The van der Waals surface area contributed by atoms with E-state index in [-0.39, 0.29) is 17.9 Å². The summed E-state index contributed by atoms with van der Waals surface area (Å²) in [5.41, 5.74) is 3.21. The fraction of sp³-hybridized carbons (Fsp3) is 0.0952. The molecule has 0 atom stereocenters. The number of amides is 1. The molecule has 0 fully saturated rings. The van der Waals surface area contributed by atoms with Crippen LogP contribution in [0.15, 0.2) is 71.5 Å². The van der Waals surface area contributed by atoms with Gasteiger partial charge in [-0.25, -0.2) is 0 Å². The summed E-state index contributed by atoms with van der Waals surface area (Å²) in [6.07, 6.45) is 2.44. The van der Waals surface area contributed by atoms with Gasteiger partial charge < -0.3 is 9.84 Å². The maximum Gasteiger partial charge on any atom is 0.307 e. The van der Waals surface area contributed by atoms with Gasteiger partial charge in [0.25, 0.3) is 5.91 Å². The quantitative estimate of drug-likeness (QED) is 0.383. The average molecular weight is 403 g/mol. The van der Waals surface area contributed by atoms with E-state index < -0.39 is 10.8 Å². The van der Waals surface area contributed by atoms with Crippen LogP contribution in [0.5, 0.6) is 0 Å². The first kappa shape index (κ1) is 19.1. The van der Waals surface area contributed by atoms with Crippen molar-refractivity contribution in [2.24, 2.45) is 0 Å². The Morgan fingerprint density at radius 3 is 2.50 bits per heavy atom. The summed E-state index contributed by atoms with van der Waals surface area (Å²) >= 11 is 0. The summed E-state index contributed by atoms with van der Waals surface area (Å²) in [4.78, 5) is 23.0. The highest BCUT2D eigenvalue weighted by atomic mass is 16.6. The van der Waals surface area contributed by atoms with Crippen molar-refractivity contribution >= 4 is 17.3 Å². The molecule has 0 unspecified atom stereocenters. The second kappa shape index (κ2) is 8.00. The first-order valence-electron chi connectivity index (χ1n) is 9.10. The van der Waals surface area contributed by atoms with Crippen LogP contribution in [-0.2, 0) is 6.54 Å². The Morgan fingerprint density at radius 1 is 1.13 bits per heavy atom. The van der Waals surface area contributed by atoms with Crippen molar-refractivity contribution in [1.29, 1.82) is 0 Å². The van der Waals surface area contributed by atoms with Crippen LogP contribution in [-0.4, -0.2) is 25.8 Å². The number of nitrogens with zero attached hydrogens (tertiary/aromatic N) is 4. The van der Waals surface area contributed by atoms with E-state index in [1.54, 1.807) is 6.92 Å². The summed E-state index contributed by atoms with van der Waals surface area (Å²) < 4.78 is 6.54. The monoisotopic (exact) mass is 403 g/mol. The number of anilines is 1. The zero-order valence-corrected chi connectivity index (χ0v) is 16.0. The van der Waals surface area contributed by atoms with Gasteiger partial charge in [-0.05, 0) is 30.2 Å². The molecule has 2 aromatic carbocycles. The average Bonchev–Trinajstić information content (AvgIpc) is 3.37. The van der Waals surface area contributed by atoms with Gasteiger partial charge in [0.15, 0.2) is 5.69 Å². The molecule has 0 bridgehead atoms. The van der Waals surface area contributed by atoms with E-state index in [1.807, 2.05) is 54.6 Å². The van der Waals surface area contributed by atoms with Crippen molar-refractivity contribution in [3.63, 3.8) is 0 Å². The Morgan fingerprint density at radius 2 is 1.83 bits per heavy atom. The normalized spacial score (nSPS) is 10.7. The number of hydrogen-bond donors (Lipinski definition) is 1. The molecule has 0 aliphatic rings. The molecular weight excluding hydrogens is 386 g/mol. The number of benzene rings is 2. The maximum absolute atomic E-state index is 12.7. The van der Waals surface area contributed by atoms with Crippen LogP contribution in [0.2, 0.25) is 0 Å². The number of rotatable bonds is 6. The largest absolute Gasteiger partial charge is 0.361 e. The van der Waals surface area contributed by atoms with E-state index in [0.717, 1.165) is 17.3 Å². The lowest BCUT2D eigenvalue weighted by Gasteiger charge is -2.07. The zero-order valence-electron chi connectivity index (χ0n) is 16.0. The van der Waals surface area contributed by atoms with Crippen molar-refractivity contribution in [1.82, 2.24) is 14.9 Å². The predicted octanol–water partition coefficient (Wildman–Crippen LogP) is 4.06. The van der Waals surface area contributed by atoms with E-state index in [9.17, 15) is 14.9 Å². The van der Waals surface area contributed by atoms with Gasteiger partial charge in [0.05, 0.1) is 11.5 Å². The van der Waals surface area contributed by atoms with Crippen LogP contribution < -0.4 is 5.32 Å². The molecule has 150 valence electrons. The van der Waals surface area contributed by atoms with Crippen LogP contribution >= 0.6 is 0 Å². The van der Waals surface area contributed by atoms with E-state index in [4.69, 9.17) is 4.52 Å². The molecule has 0 saturated heterocycles. The molecule has 1 amide bonds. The lowest BCUT2D eigenvalue weighted by molar-refractivity contribution is -0.385. The third-order valence-electron chi connectivity index (χ3n) is 4.60. The summed E-state index contributed by atoms with van der Waals surface area (Å²) in [5.74, 6) is 0.00805. The highest BCUT2D eigenvalue weighted by molar-refractivity contribution is 6.04. The van der Waals surface area contributed by atoms with Crippen molar-refractivity contribution < 1.29 is 14.2 Å². The summed E-state index contributed by atoms with van der Waals surface area (Å²) in [6.45, 7) is 1.80. The lowest BCUT2D eigenvalue weighted by Crippen LogP contribution is -2.16. The highest BCUT2D eigenvalue weighted by Gasteiger charge is 2.21. The molecule has 0 radical (unpaired) electrons. The Labute approximate surface area is 171 Å². The number of aromatic nitrogens is 3. The van der Waals surface area contributed by atoms with Crippen LogP contribution in [0.3, 0.4) is 0 Å². The van der Waals surface area contributed by atoms with Crippen molar-refractivity contribution in [3.8, 4) is 11.1 Å². The Kier molecular flexibility index (Phi) is 5.08. The molecule has 9 nitrogen and oxygen atoms in total. The third kappa shape index (κ3) is 3.95. The minimum absolute atomic E-state index is 0.109. The van der Waals surface area contributed by atoms with Crippen LogP contribution in [0, 0.1) is 17.0 Å². The first-order chi connectivity index (χ1) is 14.5. The van der Waals surface area contributed by atoms with E-state index in [1.165, 1.54) is 10.9 Å². The number of carbonyl (C=O) groups excluding carboxylic acids is 1. The fourth-order valence-electron chi connectivity index (χ4n) is 3.02. The van der Waals surface area contributed by atoms with Gasteiger partial charge in [0, 0.05) is 11.3 Å². The smallest absolute Gasteiger partial charge is 0.307 e. The number of aryl methyl sites for hydroxylation is 1. The molecular formula is C21H17N5O4. The third-order valence-corrected chi connectivity index (χ3v) is 4.60. The number of hydrogen-bond acceptors (Lipinski definition) is 6. The summed E-state index contributed by atoms with van der Waals surface area (Å²) in [7, 11) is 0. The SMILES string of the molecule is Cc1onc(C(=O)Nc2ccc(-c3ccccc3)cc2)c1Cn1cc([N+](=O)[O-])cn1. The van der Waals surface area contributed by atoms with Gasteiger partial charge in [-0.15, -0.1) is 0 Å². The van der Waals surface area contributed by atoms with Gasteiger partial charge in [-0.1, -0.05) is 47.6 Å². The molecule has 0 spiro atoms. The van der Waals surface area contributed by atoms with Gasteiger partial charge in [-0.3, -0.25) is 19.6 Å². The van der Waals surface area contributed by atoms with Gasteiger partial charge >= 0.3 is 5.69 Å². The molecule has 1 N–H and O–H groups in total. The summed E-state index contributed by atoms with van der Waals surface area (Å²) in [5, 5.41) is 21.4. The molecule has 0 aliphatic carbocycles. The second-order valence-electron chi connectivity index (χ2n) is 6.62. The van der Waals surface area contributed by atoms with Crippen LogP contribution in [0.4, 0.5) is 11.4 Å². The van der Waals surface area contributed by atoms with Gasteiger partial charge in [0.2, 0.25) is 0 Å². The molecule has 2 heterocycles. The molecule has 4 aromatic rings. The minimum Gasteiger partial charge on any atom is -0.361 e. The van der Waals surface area contributed by atoms with Crippen molar-refractivity contribution in [3.05, 3.63) is 94.1 Å².